The summed E-state index contributed by atoms with van der Waals surface area (Å²) in [6.45, 7) is 2.09. The van der Waals surface area contributed by atoms with Crippen LogP contribution in [0.3, 0.4) is 0 Å². The summed E-state index contributed by atoms with van der Waals surface area (Å²) in [5.41, 5.74) is 1.16. The second kappa shape index (κ2) is 10.5. The Bertz CT molecular complexity index is 1080. The molecule has 34 heavy (non-hydrogen) atoms. The molecule has 4 rings (SSSR count). The lowest BCUT2D eigenvalue weighted by molar-refractivity contribution is -0.0175. The number of carbonyl (C=O) groups excluding carboxylic acids is 1. The molecular formula is C27H31FN2O4. The highest BCUT2D eigenvalue weighted by atomic mass is 19.1. The topological polar surface area (TPSA) is 95.6 Å². The number of rotatable bonds is 5. The van der Waals surface area contributed by atoms with Gasteiger partial charge in [-0.15, -0.1) is 0 Å². The Hall–Kier alpha value is -3.03. The minimum absolute atomic E-state index is 0.0232. The molecule has 180 valence electrons. The molecule has 1 saturated carbocycles. The Balaban J connectivity index is 1.44. The van der Waals surface area contributed by atoms with Crippen LogP contribution in [0.15, 0.2) is 65.2 Å². The Morgan fingerprint density at radius 1 is 1.18 bits per heavy atom. The van der Waals surface area contributed by atoms with E-state index in [0.29, 0.717) is 36.9 Å². The highest BCUT2D eigenvalue weighted by Crippen LogP contribution is 2.38. The lowest BCUT2D eigenvalue weighted by Gasteiger charge is -2.35. The zero-order valence-electron chi connectivity index (χ0n) is 19.3. The molecule has 4 atom stereocenters. The number of halogens is 1. The maximum atomic E-state index is 13.2. The van der Waals surface area contributed by atoms with Gasteiger partial charge in [-0.25, -0.2) is 4.39 Å². The first-order valence-electron chi connectivity index (χ1n) is 11.8. The average Bonchev–Trinajstić information content (AvgIpc) is 3.32. The fraction of sp³-hybridized carbons (Fsp3) is 0.407. The third-order valence-electron chi connectivity index (χ3n) is 6.84. The highest BCUT2D eigenvalue weighted by Gasteiger charge is 2.37. The van der Waals surface area contributed by atoms with E-state index in [1.54, 1.807) is 12.1 Å². The van der Waals surface area contributed by atoms with Crippen molar-refractivity contribution in [2.75, 3.05) is 6.54 Å². The molecular weight excluding hydrogens is 435 g/mol. The van der Waals surface area contributed by atoms with Crippen molar-refractivity contribution in [2.45, 2.75) is 56.7 Å². The SMILES string of the molecule is C[C@@]1(O)C[C@H](c2ccccc2)C[C@H](O)CCC[C@H]1CNC(=O)c1cc(-c2ccc(F)cc2)no1. The highest BCUT2D eigenvalue weighted by molar-refractivity contribution is 5.92. The Morgan fingerprint density at radius 2 is 1.91 bits per heavy atom. The van der Waals surface area contributed by atoms with Gasteiger partial charge in [-0.05, 0) is 68.4 Å². The molecule has 1 heterocycles. The number of carbonyl (C=O) groups is 1. The van der Waals surface area contributed by atoms with Crippen LogP contribution in [-0.2, 0) is 0 Å². The van der Waals surface area contributed by atoms with E-state index in [1.807, 2.05) is 37.3 Å². The molecule has 1 aliphatic carbocycles. The average molecular weight is 467 g/mol. The number of hydrogen-bond acceptors (Lipinski definition) is 5. The van der Waals surface area contributed by atoms with E-state index in [9.17, 15) is 19.4 Å². The van der Waals surface area contributed by atoms with E-state index in [0.717, 1.165) is 12.0 Å². The lowest BCUT2D eigenvalue weighted by Crippen LogP contribution is -2.43. The number of nitrogens with one attached hydrogen (secondary N) is 1. The molecule has 0 aliphatic heterocycles. The predicted octanol–water partition coefficient (Wildman–Crippen LogP) is 4.69. The molecule has 0 spiro atoms. The van der Waals surface area contributed by atoms with Crippen LogP contribution < -0.4 is 5.32 Å². The van der Waals surface area contributed by atoms with Gasteiger partial charge in [-0.3, -0.25) is 4.79 Å². The molecule has 0 radical (unpaired) electrons. The van der Waals surface area contributed by atoms with E-state index >= 15 is 0 Å². The van der Waals surface area contributed by atoms with Gasteiger partial charge >= 0.3 is 0 Å². The summed E-state index contributed by atoms with van der Waals surface area (Å²) in [6.07, 6.45) is 2.77. The maximum Gasteiger partial charge on any atom is 0.289 e. The lowest BCUT2D eigenvalue weighted by atomic mass is 9.77. The van der Waals surface area contributed by atoms with Crippen LogP contribution in [0.2, 0.25) is 0 Å². The number of aromatic nitrogens is 1. The number of nitrogens with zero attached hydrogens (tertiary/aromatic N) is 1. The van der Waals surface area contributed by atoms with Gasteiger partial charge < -0.3 is 20.1 Å². The summed E-state index contributed by atoms with van der Waals surface area (Å²) in [5.74, 6) is -0.882. The maximum absolute atomic E-state index is 13.2. The summed E-state index contributed by atoms with van der Waals surface area (Å²) < 4.78 is 18.4. The van der Waals surface area contributed by atoms with Crippen molar-refractivity contribution in [1.29, 1.82) is 0 Å². The molecule has 2 aromatic carbocycles. The Kier molecular flexibility index (Phi) is 7.44. The van der Waals surface area contributed by atoms with Crippen LogP contribution in [0.1, 0.15) is 61.1 Å². The van der Waals surface area contributed by atoms with Gasteiger partial charge in [-0.2, -0.15) is 0 Å². The van der Waals surface area contributed by atoms with Crippen LogP contribution in [-0.4, -0.2) is 39.5 Å². The van der Waals surface area contributed by atoms with Crippen molar-refractivity contribution in [3.05, 3.63) is 77.8 Å². The number of aliphatic hydroxyl groups is 2. The van der Waals surface area contributed by atoms with Gasteiger partial charge in [0.1, 0.15) is 11.5 Å². The van der Waals surface area contributed by atoms with Crippen molar-refractivity contribution in [3.63, 3.8) is 0 Å². The fourth-order valence-electron chi connectivity index (χ4n) is 4.85. The van der Waals surface area contributed by atoms with Crippen LogP contribution in [0.5, 0.6) is 0 Å². The van der Waals surface area contributed by atoms with E-state index in [-0.39, 0.29) is 30.0 Å². The van der Waals surface area contributed by atoms with Gasteiger partial charge in [-0.1, -0.05) is 41.9 Å². The largest absolute Gasteiger partial charge is 0.393 e. The smallest absolute Gasteiger partial charge is 0.289 e. The zero-order valence-corrected chi connectivity index (χ0v) is 19.3. The van der Waals surface area contributed by atoms with E-state index in [2.05, 4.69) is 10.5 Å². The first kappa shape index (κ1) is 24.1. The molecule has 1 amide bonds. The quantitative estimate of drug-likeness (QED) is 0.507. The number of aliphatic hydroxyl groups excluding tert-OH is 1. The summed E-state index contributed by atoms with van der Waals surface area (Å²) in [7, 11) is 0. The zero-order chi connectivity index (χ0) is 24.1. The standard InChI is InChI=1S/C27H31FN2O4/c1-27(33)16-20(18-6-3-2-4-7-18)14-23(31)9-5-8-21(27)17-29-26(32)25-15-24(30-34-25)19-10-12-22(28)13-11-19/h2-4,6-7,10-13,15,20-21,23,31,33H,5,8-9,14,16-17H2,1H3,(H,29,32)/t20-,21+,23-,27-/m1/s1. The Labute approximate surface area is 198 Å². The molecule has 1 aliphatic rings. The third kappa shape index (κ3) is 5.90. The van der Waals surface area contributed by atoms with Gasteiger partial charge in [0, 0.05) is 24.1 Å². The monoisotopic (exact) mass is 466 g/mol. The Morgan fingerprint density at radius 3 is 2.65 bits per heavy atom. The number of benzene rings is 2. The molecule has 3 N–H and O–H groups in total. The van der Waals surface area contributed by atoms with Crippen LogP contribution in [0.25, 0.3) is 11.3 Å². The van der Waals surface area contributed by atoms with Crippen molar-refractivity contribution < 1.29 is 23.9 Å². The summed E-state index contributed by atoms with van der Waals surface area (Å²) in [6, 6.07) is 17.3. The van der Waals surface area contributed by atoms with Crippen molar-refractivity contribution in [3.8, 4) is 11.3 Å². The number of amides is 1. The fourth-order valence-corrected chi connectivity index (χ4v) is 4.85. The molecule has 1 fully saturated rings. The molecule has 6 nitrogen and oxygen atoms in total. The molecule has 0 saturated heterocycles. The van der Waals surface area contributed by atoms with Gasteiger partial charge in [0.2, 0.25) is 5.76 Å². The van der Waals surface area contributed by atoms with Crippen molar-refractivity contribution in [1.82, 2.24) is 10.5 Å². The van der Waals surface area contributed by atoms with Gasteiger partial charge in [0.05, 0.1) is 11.7 Å². The van der Waals surface area contributed by atoms with Gasteiger partial charge in [0.15, 0.2) is 0 Å². The molecule has 3 aromatic rings. The second-order valence-corrected chi connectivity index (χ2v) is 9.48. The van der Waals surface area contributed by atoms with E-state index in [1.165, 1.54) is 18.2 Å². The van der Waals surface area contributed by atoms with E-state index in [4.69, 9.17) is 4.52 Å². The van der Waals surface area contributed by atoms with Crippen LogP contribution in [0, 0.1) is 11.7 Å². The first-order valence-corrected chi connectivity index (χ1v) is 11.8. The van der Waals surface area contributed by atoms with Crippen molar-refractivity contribution >= 4 is 5.91 Å². The van der Waals surface area contributed by atoms with Gasteiger partial charge in [0.25, 0.3) is 5.91 Å². The predicted molar refractivity (Wildman–Crippen MR) is 127 cm³/mol. The van der Waals surface area contributed by atoms with Crippen LogP contribution >= 0.6 is 0 Å². The summed E-state index contributed by atoms with van der Waals surface area (Å²) >= 11 is 0. The van der Waals surface area contributed by atoms with Crippen molar-refractivity contribution in [2.24, 2.45) is 5.92 Å². The molecule has 7 heteroatoms. The summed E-state index contributed by atoms with van der Waals surface area (Å²) in [4.78, 5) is 12.7. The molecule has 0 unspecified atom stereocenters. The second-order valence-electron chi connectivity index (χ2n) is 9.48. The minimum atomic E-state index is -1.03. The normalized spacial score (nSPS) is 25.7. The third-order valence-corrected chi connectivity index (χ3v) is 6.84. The first-order chi connectivity index (χ1) is 16.3. The molecule has 0 bridgehead atoms. The minimum Gasteiger partial charge on any atom is -0.393 e. The number of hydrogen-bond donors (Lipinski definition) is 3. The molecule has 1 aromatic heterocycles. The van der Waals surface area contributed by atoms with E-state index < -0.39 is 17.6 Å². The summed E-state index contributed by atoms with van der Waals surface area (Å²) in [5, 5.41) is 28.7. The van der Waals surface area contributed by atoms with Crippen LogP contribution in [0.4, 0.5) is 4.39 Å².